The second kappa shape index (κ2) is 9.49. The Balaban J connectivity index is 1.48. The van der Waals surface area contributed by atoms with E-state index in [1.807, 2.05) is 6.92 Å². The molecule has 1 N–H and O–H groups in total. The molecular formula is C22H25N5O6S2. The smallest absolute Gasteiger partial charge is 0.322 e. The zero-order valence-electron chi connectivity index (χ0n) is 19.4. The molecule has 2 heterocycles. The second-order valence-corrected chi connectivity index (χ2v) is 12.3. The number of nitrogens with zero attached hydrogens (tertiary/aromatic N) is 4. The monoisotopic (exact) mass is 519 g/mol. The Morgan fingerprint density at radius 1 is 1.00 bits per heavy atom. The maximum absolute atomic E-state index is 13.1. The van der Waals surface area contributed by atoms with Crippen molar-refractivity contribution in [3.63, 3.8) is 0 Å². The minimum Gasteiger partial charge on any atom is -0.403 e. The summed E-state index contributed by atoms with van der Waals surface area (Å²) in [6, 6.07) is 11.2. The molecule has 1 aliphatic heterocycles. The number of nitrogens with one attached hydrogen (secondary N) is 1. The molecule has 1 amide bonds. The normalized spacial score (nSPS) is 17.1. The van der Waals surface area contributed by atoms with Crippen molar-refractivity contribution in [1.29, 1.82) is 0 Å². The number of amides is 1. The molecule has 13 heteroatoms. The van der Waals surface area contributed by atoms with Gasteiger partial charge in [-0.15, -0.1) is 5.10 Å². The summed E-state index contributed by atoms with van der Waals surface area (Å²) in [5.41, 5.74) is 1.39. The lowest BCUT2D eigenvalue weighted by molar-refractivity contribution is -0.119. The van der Waals surface area contributed by atoms with Gasteiger partial charge < -0.3 is 4.42 Å². The van der Waals surface area contributed by atoms with Crippen LogP contribution in [-0.2, 0) is 24.8 Å². The Hall–Kier alpha value is -3.13. The number of hydrogen-bond donors (Lipinski definition) is 1. The molecule has 1 saturated heterocycles. The van der Waals surface area contributed by atoms with Crippen molar-refractivity contribution in [2.45, 2.75) is 35.6 Å². The third kappa shape index (κ3) is 4.98. The second-order valence-electron chi connectivity index (χ2n) is 8.30. The highest BCUT2D eigenvalue weighted by molar-refractivity contribution is 7.89. The molecule has 4 rings (SSSR count). The SMILES string of the molecule is Cc1ccc(S(=O)(=O)N2CCCC2C(=O)Nc2nnc(-c3ccc(S(=O)(=O)N(C)C)cc3)o2)cc1. The maximum atomic E-state index is 13.1. The van der Waals surface area contributed by atoms with Gasteiger partial charge in [-0.3, -0.25) is 10.1 Å². The summed E-state index contributed by atoms with van der Waals surface area (Å²) in [6.45, 7) is 2.09. The van der Waals surface area contributed by atoms with Crippen LogP contribution in [0.5, 0.6) is 0 Å². The topological polar surface area (TPSA) is 143 Å². The van der Waals surface area contributed by atoms with Gasteiger partial charge in [-0.1, -0.05) is 22.8 Å². The number of rotatable bonds is 7. The summed E-state index contributed by atoms with van der Waals surface area (Å²) in [6.07, 6.45) is 0.903. The van der Waals surface area contributed by atoms with Gasteiger partial charge in [0.15, 0.2) is 0 Å². The van der Waals surface area contributed by atoms with Crippen molar-refractivity contribution in [2.24, 2.45) is 0 Å². The molecule has 186 valence electrons. The molecule has 0 aliphatic carbocycles. The first-order valence-electron chi connectivity index (χ1n) is 10.8. The van der Waals surface area contributed by atoms with Crippen molar-refractivity contribution >= 4 is 32.0 Å². The molecule has 1 fully saturated rings. The number of anilines is 1. The van der Waals surface area contributed by atoms with Gasteiger partial charge in [0, 0.05) is 26.2 Å². The van der Waals surface area contributed by atoms with E-state index in [1.54, 1.807) is 12.1 Å². The average Bonchev–Trinajstić information content (AvgIpc) is 3.50. The molecule has 1 aliphatic rings. The summed E-state index contributed by atoms with van der Waals surface area (Å²) in [7, 11) is -4.55. The van der Waals surface area contributed by atoms with E-state index in [1.165, 1.54) is 54.8 Å². The minimum absolute atomic E-state index is 0.0738. The van der Waals surface area contributed by atoms with E-state index < -0.39 is 32.0 Å². The Labute approximate surface area is 203 Å². The molecule has 0 bridgehead atoms. The molecular weight excluding hydrogens is 494 g/mol. The number of aromatic nitrogens is 2. The first-order chi connectivity index (χ1) is 16.5. The molecule has 1 aromatic heterocycles. The summed E-state index contributed by atoms with van der Waals surface area (Å²) < 4.78 is 58.4. The van der Waals surface area contributed by atoms with Gasteiger partial charge in [0.25, 0.3) is 0 Å². The van der Waals surface area contributed by atoms with Crippen LogP contribution in [0.15, 0.2) is 62.7 Å². The van der Waals surface area contributed by atoms with E-state index in [4.69, 9.17) is 4.42 Å². The standard InChI is InChI=1S/C22H25N5O6S2/c1-15-6-10-18(11-7-15)35(31,32)27-14-4-5-19(27)20(28)23-22-25-24-21(33-22)16-8-12-17(13-9-16)34(29,30)26(2)3/h6-13,19H,4-5,14H2,1-3H3,(H,23,25,28). The summed E-state index contributed by atoms with van der Waals surface area (Å²) in [5.74, 6) is -0.495. The van der Waals surface area contributed by atoms with Crippen LogP contribution in [0.3, 0.4) is 0 Å². The highest BCUT2D eigenvalue weighted by Gasteiger charge is 2.39. The highest BCUT2D eigenvalue weighted by atomic mass is 32.2. The molecule has 0 radical (unpaired) electrons. The minimum atomic E-state index is -3.85. The predicted molar refractivity (Wildman–Crippen MR) is 127 cm³/mol. The lowest BCUT2D eigenvalue weighted by Gasteiger charge is -2.22. The van der Waals surface area contributed by atoms with Crippen LogP contribution in [-0.4, -0.2) is 68.2 Å². The molecule has 1 atom stereocenters. The van der Waals surface area contributed by atoms with Crippen LogP contribution in [0, 0.1) is 6.92 Å². The molecule has 35 heavy (non-hydrogen) atoms. The van der Waals surface area contributed by atoms with Crippen molar-refractivity contribution in [1.82, 2.24) is 18.8 Å². The average molecular weight is 520 g/mol. The molecule has 3 aromatic rings. The molecule has 11 nitrogen and oxygen atoms in total. The number of hydrogen-bond acceptors (Lipinski definition) is 8. The largest absolute Gasteiger partial charge is 0.403 e. The fourth-order valence-corrected chi connectivity index (χ4v) is 6.25. The molecule has 1 unspecified atom stereocenters. The fourth-order valence-electron chi connectivity index (χ4n) is 3.69. The lowest BCUT2D eigenvalue weighted by Crippen LogP contribution is -2.43. The molecule has 2 aromatic carbocycles. The van der Waals surface area contributed by atoms with Crippen LogP contribution in [0.4, 0.5) is 6.01 Å². The number of sulfonamides is 2. The Morgan fingerprint density at radius 2 is 1.63 bits per heavy atom. The van der Waals surface area contributed by atoms with Gasteiger partial charge in [-0.05, 0) is 56.2 Å². The first-order valence-corrected chi connectivity index (χ1v) is 13.6. The van der Waals surface area contributed by atoms with Crippen molar-refractivity contribution < 1.29 is 26.0 Å². The number of carbonyl (C=O) groups excluding carboxylic acids is 1. The quantitative estimate of drug-likeness (QED) is 0.500. The number of aryl methyl sites for hydroxylation is 1. The van der Waals surface area contributed by atoms with Gasteiger partial charge >= 0.3 is 6.01 Å². The van der Waals surface area contributed by atoms with Crippen molar-refractivity contribution in [3.8, 4) is 11.5 Å². The van der Waals surface area contributed by atoms with Crippen LogP contribution in [0.1, 0.15) is 18.4 Å². The van der Waals surface area contributed by atoms with E-state index in [0.29, 0.717) is 18.4 Å². The van der Waals surface area contributed by atoms with Crippen LogP contribution in [0.2, 0.25) is 0 Å². The van der Waals surface area contributed by atoms with Crippen LogP contribution >= 0.6 is 0 Å². The van der Waals surface area contributed by atoms with E-state index in [2.05, 4.69) is 15.5 Å². The van der Waals surface area contributed by atoms with E-state index in [0.717, 1.165) is 9.87 Å². The lowest BCUT2D eigenvalue weighted by atomic mass is 10.2. The summed E-state index contributed by atoms with van der Waals surface area (Å²) in [5, 5.41) is 10.2. The van der Waals surface area contributed by atoms with E-state index in [9.17, 15) is 21.6 Å². The Morgan fingerprint density at radius 3 is 2.26 bits per heavy atom. The predicted octanol–water partition coefficient (Wildman–Crippen LogP) is 2.09. The number of benzene rings is 2. The van der Waals surface area contributed by atoms with Gasteiger partial charge in [0.2, 0.25) is 31.8 Å². The van der Waals surface area contributed by atoms with Gasteiger partial charge in [0.1, 0.15) is 6.04 Å². The maximum Gasteiger partial charge on any atom is 0.322 e. The van der Waals surface area contributed by atoms with Gasteiger partial charge in [-0.2, -0.15) is 4.31 Å². The first kappa shape index (κ1) is 25.0. The third-order valence-corrected chi connectivity index (χ3v) is 9.42. The zero-order chi connectivity index (χ0) is 25.4. The zero-order valence-corrected chi connectivity index (χ0v) is 21.0. The van der Waals surface area contributed by atoms with E-state index in [-0.39, 0.29) is 28.2 Å². The highest BCUT2D eigenvalue weighted by Crippen LogP contribution is 2.28. The van der Waals surface area contributed by atoms with Crippen molar-refractivity contribution in [2.75, 3.05) is 26.0 Å². The van der Waals surface area contributed by atoms with Gasteiger partial charge in [0.05, 0.1) is 9.79 Å². The van der Waals surface area contributed by atoms with Gasteiger partial charge in [-0.25, -0.2) is 21.1 Å². The molecule has 0 spiro atoms. The molecule has 0 saturated carbocycles. The van der Waals surface area contributed by atoms with Crippen LogP contribution < -0.4 is 5.32 Å². The van der Waals surface area contributed by atoms with E-state index >= 15 is 0 Å². The van der Waals surface area contributed by atoms with Crippen LogP contribution in [0.25, 0.3) is 11.5 Å². The number of carbonyl (C=O) groups is 1. The fraction of sp³-hybridized carbons (Fsp3) is 0.318. The van der Waals surface area contributed by atoms with Crippen molar-refractivity contribution in [3.05, 3.63) is 54.1 Å². The Kier molecular flexibility index (Phi) is 6.77. The third-order valence-electron chi connectivity index (χ3n) is 5.67. The Bertz CT molecular complexity index is 1430. The summed E-state index contributed by atoms with van der Waals surface area (Å²) >= 11 is 0. The summed E-state index contributed by atoms with van der Waals surface area (Å²) in [4.78, 5) is 13.1.